The van der Waals surface area contributed by atoms with Gasteiger partial charge in [0.15, 0.2) is 5.96 Å². The first-order chi connectivity index (χ1) is 13.2. The maximum Gasteiger partial charge on any atom is 0.225 e. The van der Waals surface area contributed by atoms with Crippen molar-refractivity contribution in [3.8, 4) is 0 Å². The van der Waals surface area contributed by atoms with Gasteiger partial charge in [0.1, 0.15) is 0 Å². The van der Waals surface area contributed by atoms with E-state index in [1.165, 1.54) is 24.0 Å². The van der Waals surface area contributed by atoms with Crippen LogP contribution in [0.2, 0.25) is 0 Å². The van der Waals surface area contributed by atoms with E-state index in [9.17, 15) is 4.79 Å². The molecule has 1 aromatic carbocycles. The summed E-state index contributed by atoms with van der Waals surface area (Å²) in [4.78, 5) is 19.5. The van der Waals surface area contributed by atoms with Crippen LogP contribution < -0.4 is 10.6 Å². The van der Waals surface area contributed by atoms with Crippen molar-refractivity contribution in [1.82, 2.24) is 15.5 Å². The molecular weight excluding hydrogens is 336 g/mol. The summed E-state index contributed by atoms with van der Waals surface area (Å²) in [6.07, 6.45) is 6.74. The first kappa shape index (κ1) is 18.3. The van der Waals surface area contributed by atoms with E-state index in [4.69, 9.17) is 4.99 Å². The van der Waals surface area contributed by atoms with E-state index in [-0.39, 0.29) is 5.92 Å². The summed E-state index contributed by atoms with van der Waals surface area (Å²) in [5, 5.41) is 6.94. The maximum absolute atomic E-state index is 12.6. The minimum absolute atomic E-state index is 0.282. The lowest BCUT2D eigenvalue weighted by molar-refractivity contribution is -0.134. The molecule has 2 fully saturated rings. The highest BCUT2D eigenvalue weighted by atomic mass is 16.2. The highest BCUT2D eigenvalue weighted by Gasteiger charge is 2.32. The summed E-state index contributed by atoms with van der Waals surface area (Å²) >= 11 is 0. The molecule has 1 saturated heterocycles. The Morgan fingerprint density at radius 1 is 1.22 bits per heavy atom. The number of guanidine groups is 1. The van der Waals surface area contributed by atoms with Crippen LogP contribution in [0, 0.1) is 5.92 Å². The first-order valence-corrected chi connectivity index (χ1v) is 10.7. The second kappa shape index (κ2) is 8.32. The summed E-state index contributed by atoms with van der Waals surface area (Å²) in [6, 6.07) is 8.98. The van der Waals surface area contributed by atoms with Crippen LogP contribution in [0.4, 0.5) is 0 Å². The monoisotopic (exact) mass is 368 g/mol. The van der Waals surface area contributed by atoms with E-state index >= 15 is 0 Å². The van der Waals surface area contributed by atoms with E-state index in [2.05, 4.69) is 46.7 Å². The van der Waals surface area contributed by atoms with Crippen LogP contribution >= 0.6 is 0 Å². The molecule has 1 amide bonds. The van der Waals surface area contributed by atoms with Crippen LogP contribution in [0.5, 0.6) is 0 Å². The van der Waals surface area contributed by atoms with Crippen LogP contribution in [0.25, 0.3) is 0 Å². The molecule has 3 aliphatic rings. The van der Waals surface area contributed by atoms with Crippen molar-refractivity contribution >= 4 is 11.9 Å². The molecule has 2 atom stereocenters. The normalized spacial score (nSPS) is 25.2. The fourth-order valence-electron chi connectivity index (χ4n) is 4.75. The fourth-order valence-corrected chi connectivity index (χ4v) is 4.75. The van der Waals surface area contributed by atoms with Crippen molar-refractivity contribution in [3.05, 3.63) is 35.4 Å². The number of fused-ring (bicyclic) bond motifs is 1. The molecule has 0 aromatic heterocycles. The molecule has 5 nitrogen and oxygen atoms in total. The van der Waals surface area contributed by atoms with E-state index in [1.54, 1.807) is 0 Å². The van der Waals surface area contributed by atoms with Crippen LogP contribution in [-0.2, 0) is 11.2 Å². The molecule has 4 rings (SSSR count). The van der Waals surface area contributed by atoms with Crippen molar-refractivity contribution in [3.63, 3.8) is 0 Å². The summed E-state index contributed by atoms with van der Waals surface area (Å²) in [6.45, 7) is 5.46. The zero-order valence-electron chi connectivity index (χ0n) is 16.4. The molecule has 2 N–H and O–H groups in total. The van der Waals surface area contributed by atoms with Gasteiger partial charge >= 0.3 is 0 Å². The van der Waals surface area contributed by atoms with Gasteiger partial charge in [0.2, 0.25) is 5.91 Å². The van der Waals surface area contributed by atoms with Gasteiger partial charge in [-0.05, 0) is 43.7 Å². The molecule has 1 heterocycles. The van der Waals surface area contributed by atoms with Gasteiger partial charge in [0, 0.05) is 44.1 Å². The average Bonchev–Trinajstić information content (AvgIpc) is 3.34. The number of benzene rings is 1. The third-order valence-corrected chi connectivity index (χ3v) is 6.32. The lowest BCUT2D eigenvalue weighted by atomic mass is 9.78. The van der Waals surface area contributed by atoms with Crippen molar-refractivity contribution < 1.29 is 4.79 Å². The van der Waals surface area contributed by atoms with Gasteiger partial charge in [-0.15, -0.1) is 0 Å². The summed E-state index contributed by atoms with van der Waals surface area (Å²) in [5.41, 5.74) is 2.92. The largest absolute Gasteiger partial charge is 0.357 e. The second-order valence-electron chi connectivity index (χ2n) is 8.22. The molecule has 0 bridgehead atoms. The molecule has 2 unspecified atom stereocenters. The van der Waals surface area contributed by atoms with Gasteiger partial charge in [-0.3, -0.25) is 9.79 Å². The van der Waals surface area contributed by atoms with Crippen LogP contribution in [0.15, 0.2) is 29.3 Å². The molecule has 2 aliphatic carbocycles. The lowest BCUT2D eigenvalue weighted by Crippen LogP contribution is -2.45. The Balaban J connectivity index is 1.30. The molecule has 27 heavy (non-hydrogen) atoms. The number of nitrogens with one attached hydrogen (secondary N) is 2. The Morgan fingerprint density at radius 3 is 2.81 bits per heavy atom. The van der Waals surface area contributed by atoms with E-state index in [0.29, 0.717) is 17.9 Å². The van der Waals surface area contributed by atoms with Crippen molar-refractivity contribution in [2.75, 3.05) is 26.2 Å². The molecule has 1 aromatic rings. The number of carbonyl (C=O) groups is 1. The fraction of sp³-hybridized carbons (Fsp3) is 0.636. The summed E-state index contributed by atoms with van der Waals surface area (Å²) < 4.78 is 0. The van der Waals surface area contributed by atoms with E-state index in [0.717, 1.165) is 57.8 Å². The zero-order valence-corrected chi connectivity index (χ0v) is 16.4. The SMILES string of the molecule is CCNC(=NCC1Cc2ccccc21)NC1CCN(C(=O)C2CCCC2)C1. The van der Waals surface area contributed by atoms with Gasteiger partial charge in [-0.25, -0.2) is 0 Å². The van der Waals surface area contributed by atoms with Crippen LogP contribution in [-0.4, -0.2) is 49.0 Å². The minimum atomic E-state index is 0.282. The number of hydrogen-bond acceptors (Lipinski definition) is 2. The van der Waals surface area contributed by atoms with Crippen molar-refractivity contribution in [1.29, 1.82) is 0 Å². The highest BCUT2D eigenvalue weighted by Crippen LogP contribution is 2.34. The third-order valence-electron chi connectivity index (χ3n) is 6.32. The molecular formula is C22H32N4O. The van der Waals surface area contributed by atoms with Gasteiger partial charge in [0.05, 0.1) is 0 Å². The number of carbonyl (C=O) groups excluding carboxylic acids is 1. The predicted octanol–water partition coefficient (Wildman–Crippen LogP) is 2.67. The van der Waals surface area contributed by atoms with Gasteiger partial charge in [-0.2, -0.15) is 0 Å². The summed E-state index contributed by atoms with van der Waals surface area (Å²) in [5.74, 6) is 2.09. The predicted molar refractivity (Wildman–Crippen MR) is 109 cm³/mol. The smallest absolute Gasteiger partial charge is 0.225 e. The van der Waals surface area contributed by atoms with E-state index in [1.807, 2.05) is 0 Å². The quantitative estimate of drug-likeness (QED) is 0.621. The number of aliphatic imine (C=N–C) groups is 1. The Kier molecular flexibility index (Phi) is 5.65. The zero-order chi connectivity index (χ0) is 18.6. The topological polar surface area (TPSA) is 56.7 Å². The molecule has 1 aliphatic heterocycles. The molecule has 5 heteroatoms. The highest BCUT2D eigenvalue weighted by molar-refractivity contribution is 5.81. The van der Waals surface area contributed by atoms with Gasteiger partial charge < -0.3 is 15.5 Å². The Labute approximate surface area is 162 Å². The van der Waals surface area contributed by atoms with Crippen molar-refractivity contribution in [2.45, 2.75) is 57.4 Å². The Bertz CT molecular complexity index is 695. The number of nitrogens with zero attached hydrogens (tertiary/aromatic N) is 2. The van der Waals surface area contributed by atoms with Gasteiger partial charge in [0.25, 0.3) is 0 Å². The third kappa shape index (κ3) is 4.12. The number of likely N-dealkylation sites (tertiary alicyclic amines) is 1. The van der Waals surface area contributed by atoms with Crippen LogP contribution in [0.3, 0.4) is 0 Å². The number of hydrogen-bond donors (Lipinski definition) is 2. The molecule has 0 radical (unpaired) electrons. The number of amides is 1. The van der Waals surface area contributed by atoms with Crippen LogP contribution in [0.1, 0.15) is 56.1 Å². The Hall–Kier alpha value is -2.04. The minimum Gasteiger partial charge on any atom is -0.357 e. The Morgan fingerprint density at radius 2 is 2.04 bits per heavy atom. The molecule has 0 spiro atoms. The lowest BCUT2D eigenvalue weighted by Gasteiger charge is -2.29. The summed E-state index contributed by atoms with van der Waals surface area (Å²) in [7, 11) is 0. The van der Waals surface area contributed by atoms with Gasteiger partial charge in [-0.1, -0.05) is 37.1 Å². The maximum atomic E-state index is 12.6. The van der Waals surface area contributed by atoms with Crippen molar-refractivity contribution in [2.24, 2.45) is 10.9 Å². The molecule has 1 saturated carbocycles. The first-order valence-electron chi connectivity index (χ1n) is 10.7. The van der Waals surface area contributed by atoms with E-state index < -0.39 is 0 Å². The second-order valence-corrected chi connectivity index (χ2v) is 8.22. The standard InChI is InChI=1S/C22H32N4O/c1-2-23-22(24-14-18-13-17-9-5-6-10-20(17)18)25-19-11-12-26(15-19)21(27)16-7-3-4-8-16/h5-6,9-10,16,18-19H,2-4,7-8,11-15H2,1H3,(H2,23,24,25). The average molecular weight is 369 g/mol. The number of rotatable bonds is 5. The molecule has 146 valence electrons.